The van der Waals surface area contributed by atoms with E-state index in [1.54, 1.807) is 23.9 Å². The molecule has 0 radical (unpaired) electrons. The first-order valence-electron chi connectivity index (χ1n) is 10.8. The average molecular weight is 463 g/mol. The number of ether oxygens (including phenoxy) is 2. The van der Waals surface area contributed by atoms with Gasteiger partial charge in [-0.15, -0.1) is 11.3 Å². The number of rotatable bonds is 9. The summed E-state index contributed by atoms with van der Waals surface area (Å²) in [5.41, 5.74) is 3.09. The number of thiazole rings is 1. The van der Waals surface area contributed by atoms with Crippen LogP contribution in [0.3, 0.4) is 0 Å². The highest BCUT2D eigenvalue weighted by Gasteiger charge is 2.16. The Morgan fingerprint density at radius 2 is 1.94 bits per heavy atom. The molecule has 2 heterocycles. The molecule has 0 spiro atoms. The molecule has 0 aliphatic heterocycles. The van der Waals surface area contributed by atoms with Crippen LogP contribution in [0.25, 0.3) is 16.4 Å². The number of nitrogens with one attached hydrogen (secondary N) is 1. The molecule has 4 rings (SSSR count). The van der Waals surface area contributed by atoms with Crippen LogP contribution in [0.5, 0.6) is 11.5 Å². The fourth-order valence-electron chi connectivity index (χ4n) is 3.24. The number of anilines is 1. The van der Waals surface area contributed by atoms with Crippen LogP contribution in [0.2, 0.25) is 0 Å². The lowest BCUT2D eigenvalue weighted by atomic mass is 10.2. The quantitative estimate of drug-likeness (QED) is 0.321. The van der Waals surface area contributed by atoms with Crippen molar-refractivity contribution in [2.75, 3.05) is 19.0 Å². The molecule has 4 aromatic rings. The van der Waals surface area contributed by atoms with E-state index in [0.29, 0.717) is 23.1 Å². The summed E-state index contributed by atoms with van der Waals surface area (Å²) in [6.07, 6.45) is 2.08. The minimum Gasteiger partial charge on any atom is -0.497 e. The fraction of sp³-hybridized carbons (Fsp3) is 0.240. The second-order valence-electron chi connectivity index (χ2n) is 7.51. The van der Waals surface area contributed by atoms with Gasteiger partial charge in [0.15, 0.2) is 0 Å². The summed E-state index contributed by atoms with van der Waals surface area (Å²) in [6.45, 7) is 4.67. The maximum atomic E-state index is 12.9. The van der Waals surface area contributed by atoms with Crippen molar-refractivity contribution in [3.05, 3.63) is 71.2 Å². The van der Waals surface area contributed by atoms with E-state index in [4.69, 9.17) is 14.5 Å². The Hall–Kier alpha value is -3.65. The molecule has 8 heteroatoms. The smallest absolute Gasteiger partial charge is 0.256 e. The lowest BCUT2D eigenvalue weighted by Gasteiger charge is -2.08. The van der Waals surface area contributed by atoms with Crippen LogP contribution < -0.4 is 14.8 Å². The van der Waals surface area contributed by atoms with Gasteiger partial charge in [-0.3, -0.25) is 4.79 Å². The van der Waals surface area contributed by atoms with Crippen LogP contribution in [0.15, 0.2) is 60.0 Å². The highest BCUT2D eigenvalue weighted by molar-refractivity contribution is 7.12. The van der Waals surface area contributed by atoms with E-state index in [0.717, 1.165) is 41.3 Å². The topological polar surface area (TPSA) is 78.3 Å². The van der Waals surface area contributed by atoms with Crippen molar-refractivity contribution in [3.8, 4) is 27.9 Å². The van der Waals surface area contributed by atoms with Gasteiger partial charge in [-0.2, -0.15) is 9.78 Å². The molecule has 0 fully saturated rings. The number of unbranched alkanes of at least 4 members (excludes halogenated alkanes) is 1. The Bertz CT molecular complexity index is 1230. The number of amides is 1. The number of carbonyl (C=O) groups is 1. The zero-order chi connectivity index (χ0) is 23.2. The van der Waals surface area contributed by atoms with Crippen molar-refractivity contribution >= 4 is 23.1 Å². The van der Waals surface area contributed by atoms with Crippen molar-refractivity contribution in [2.45, 2.75) is 26.7 Å². The van der Waals surface area contributed by atoms with Crippen LogP contribution in [0.4, 0.5) is 5.82 Å². The summed E-state index contributed by atoms with van der Waals surface area (Å²) >= 11 is 1.45. The maximum absolute atomic E-state index is 12.9. The molecule has 33 heavy (non-hydrogen) atoms. The third-order valence-corrected chi connectivity index (χ3v) is 5.81. The van der Waals surface area contributed by atoms with E-state index in [-0.39, 0.29) is 5.91 Å². The molecule has 0 aliphatic rings. The molecule has 2 aromatic carbocycles. The monoisotopic (exact) mass is 462 g/mol. The van der Waals surface area contributed by atoms with Crippen molar-refractivity contribution in [1.82, 2.24) is 14.8 Å². The molecule has 0 aliphatic carbocycles. The molecule has 0 saturated heterocycles. The fourth-order valence-corrected chi connectivity index (χ4v) is 4.03. The first-order valence-corrected chi connectivity index (χ1v) is 11.7. The van der Waals surface area contributed by atoms with Gasteiger partial charge in [0.25, 0.3) is 5.91 Å². The summed E-state index contributed by atoms with van der Waals surface area (Å²) in [5, 5.41) is 10.1. The third-order valence-electron chi connectivity index (χ3n) is 5.00. The normalized spacial score (nSPS) is 10.8. The minimum atomic E-state index is -0.221. The molecule has 0 saturated carbocycles. The second kappa shape index (κ2) is 10.3. The Morgan fingerprint density at radius 1 is 1.12 bits per heavy atom. The predicted molar refractivity (Wildman–Crippen MR) is 131 cm³/mol. The molecular formula is C25H26N4O3S. The van der Waals surface area contributed by atoms with Gasteiger partial charge in [0, 0.05) is 22.6 Å². The molecule has 0 bridgehead atoms. The van der Waals surface area contributed by atoms with Crippen LogP contribution in [-0.4, -0.2) is 34.4 Å². The lowest BCUT2D eigenvalue weighted by molar-refractivity contribution is 0.102. The van der Waals surface area contributed by atoms with Gasteiger partial charge in [-0.25, -0.2) is 4.98 Å². The van der Waals surface area contributed by atoms with Crippen molar-refractivity contribution in [3.63, 3.8) is 0 Å². The van der Waals surface area contributed by atoms with Crippen LogP contribution >= 0.6 is 11.3 Å². The molecule has 2 aromatic heterocycles. The zero-order valence-electron chi connectivity index (χ0n) is 18.9. The van der Waals surface area contributed by atoms with Gasteiger partial charge in [0.1, 0.15) is 17.3 Å². The van der Waals surface area contributed by atoms with Crippen LogP contribution in [0, 0.1) is 6.92 Å². The number of aryl methyl sites for hydroxylation is 1. The van der Waals surface area contributed by atoms with E-state index >= 15 is 0 Å². The Labute approximate surface area is 197 Å². The summed E-state index contributed by atoms with van der Waals surface area (Å²) in [7, 11) is 1.64. The van der Waals surface area contributed by atoms with Gasteiger partial charge < -0.3 is 14.8 Å². The van der Waals surface area contributed by atoms with Crippen molar-refractivity contribution in [2.24, 2.45) is 0 Å². The maximum Gasteiger partial charge on any atom is 0.256 e. The number of nitrogens with zero attached hydrogens (tertiary/aromatic N) is 3. The molecule has 1 amide bonds. The zero-order valence-corrected chi connectivity index (χ0v) is 19.7. The third kappa shape index (κ3) is 5.40. The van der Waals surface area contributed by atoms with Crippen LogP contribution in [0.1, 0.15) is 35.8 Å². The van der Waals surface area contributed by atoms with Crippen LogP contribution in [-0.2, 0) is 0 Å². The molecule has 0 atom stereocenters. The molecule has 170 valence electrons. The number of hydrogen-bond acceptors (Lipinski definition) is 6. The highest BCUT2D eigenvalue weighted by Crippen LogP contribution is 2.28. The Balaban J connectivity index is 1.51. The van der Waals surface area contributed by atoms with Gasteiger partial charge in [0.2, 0.25) is 5.13 Å². The Morgan fingerprint density at radius 3 is 2.70 bits per heavy atom. The van der Waals surface area contributed by atoms with E-state index < -0.39 is 0 Å². The van der Waals surface area contributed by atoms with Gasteiger partial charge in [-0.05, 0) is 49.7 Å². The van der Waals surface area contributed by atoms with Gasteiger partial charge in [-0.1, -0.05) is 25.5 Å². The predicted octanol–water partition coefficient (Wildman–Crippen LogP) is 5.74. The largest absolute Gasteiger partial charge is 0.497 e. The number of aromatic nitrogens is 3. The number of carbonyl (C=O) groups excluding carboxylic acids is 1. The summed E-state index contributed by atoms with van der Waals surface area (Å²) in [6, 6.07) is 16.7. The summed E-state index contributed by atoms with van der Waals surface area (Å²) < 4.78 is 12.6. The van der Waals surface area contributed by atoms with E-state index in [1.807, 2.05) is 54.8 Å². The van der Waals surface area contributed by atoms with Crippen molar-refractivity contribution < 1.29 is 14.3 Å². The summed E-state index contributed by atoms with van der Waals surface area (Å²) in [4.78, 5) is 17.6. The number of benzene rings is 2. The standard InChI is InChI=1S/C25H26N4O3S/c1-4-5-13-32-20-11-9-18(10-12-20)24(30)27-23-14-17(2)28-29(23)25-26-22(16-33-25)19-7-6-8-21(15-19)31-3/h6-12,14-16H,4-5,13H2,1-3H3,(H,27,30). The lowest BCUT2D eigenvalue weighted by Crippen LogP contribution is -2.15. The summed E-state index contributed by atoms with van der Waals surface area (Å²) in [5.74, 6) is 1.87. The number of hydrogen-bond donors (Lipinski definition) is 1. The first kappa shape index (κ1) is 22.5. The minimum absolute atomic E-state index is 0.221. The Kier molecular flexibility index (Phi) is 7.04. The van der Waals surface area contributed by atoms with Gasteiger partial charge in [0.05, 0.1) is 25.1 Å². The number of methoxy groups -OCH3 is 1. The SMILES string of the molecule is CCCCOc1ccc(C(=O)Nc2cc(C)nn2-c2nc(-c3cccc(OC)c3)cs2)cc1. The van der Waals surface area contributed by atoms with Crippen molar-refractivity contribution in [1.29, 1.82) is 0 Å². The molecule has 1 N–H and O–H groups in total. The second-order valence-corrected chi connectivity index (χ2v) is 8.35. The molecule has 7 nitrogen and oxygen atoms in total. The molecule has 0 unspecified atom stereocenters. The van der Waals surface area contributed by atoms with E-state index in [9.17, 15) is 4.79 Å². The average Bonchev–Trinajstić information content (AvgIpc) is 3.46. The van der Waals surface area contributed by atoms with E-state index in [1.165, 1.54) is 11.3 Å². The first-order chi connectivity index (χ1) is 16.1. The van der Waals surface area contributed by atoms with E-state index in [2.05, 4.69) is 17.3 Å². The molecular weight excluding hydrogens is 436 g/mol. The van der Waals surface area contributed by atoms with Gasteiger partial charge >= 0.3 is 0 Å². The highest BCUT2D eigenvalue weighted by atomic mass is 32.1.